The van der Waals surface area contributed by atoms with Crippen molar-refractivity contribution in [3.05, 3.63) is 45.8 Å². The minimum absolute atomic E-state index is 0.0480. The number of fused-ring (bicyclic) bond motifs is 1. The van der Waals surface area contributed by atoms with Gasteiger partial charge in [-0.2, -0.15) is 0 Å². The molecule has 0 atom stereocenters. The Morgan fingerprint density at radius 2 is 1.88 bits per heavy atom. The molecule has 4 heteroatoms. The van der Waals surface area contributed by atoms with Crippen molar-refractivity contribution in [2.75, 3.05) is 0 Å². The van der Waals surface area contributed by atoms with Crippen molar-refractivity contribution in [1.82, 2.24) is 4.98 Å². The van der Waals surface area contributed by atoms with Gasteiger partial charge in [0, 0.05) is 11.8 Å². The Morgan fingerprint density at radius 3 is 2.53 bits per heavy atom. The van der Waals surface area contributed by atoms with E-state index in [1.54, 1.807) is 0 Å². The quantitative estimate of drug-likeness (QED) is 0.855. The monoisotopic (exact) mass is 237 g/mol. The molecule has 0 aliphatic carbocycles. The van der Waals surface area contributed by atoms with Crippen LogP contribution in [0.5, 0.6) is 0 Å². The van der Waals surface area contributed by atoms with Gasteiger partial charge in [0.05, 0.1) is 10.9 Å². The van der Waals surface area contributed by atoms with Crippen LogP contribution >= 0.6 is 0 Å². The van der Waals surface area contributed by atoms with E-state index < -0.39 is 17.1 Å². The molecule has 1 heterocycles. The van der Waals surface area contributed by atoms with Gasteiger partial charge in [0.25, 0.3) is 0 Å². The average molecular weight is 237 g/mol. The number of halogens is 2. The number of hydrogen-bond acceptors (Lipinski definition) is 1. The minimum Gasteiger partial charge on any atom is -0.356 e. The largest absolute Gasteiger partial charge is 0.356 e. The molecule has 0 bridgehead atoms. The number of rotatable bonds is 2. The third-order valence-corrected chi connectivity index (χ3v) is 2.57. The summed E-state index contributed by atoms with van der Waals surface area (Å²) in [6.45, 7) is 3.98. The summed E-state index contributed by atoms with van der Waals surface area (Å²) < 4.78 is 27.0. The first-order chi connectivity index (χ1) is 7.99. The Balaban J connectivity index is 2.73. The fourth-order valence-corrected chi connectivity index (χ4v) is 1.89. The maximum atomic E-state index is 13.5. The molecule has 0 saturated heterocycles. The topological polar surface area (TPSA) is 32.9 Å². The van der Waals surface area contributed by atoms with Crippen LogP contribution in [0.2, 0.25) is 0 Å². The van der Waals surface area contributed by atoms with E-state index in [2.05, 4.69) is 4.98 Å². The first-order valence-electron chi connectivity index (χ1n) is 5.49. The van der Waals surface area contributed by atoms with E-state index in [1.165, 1.54) is 6.07 Å². The first kappa shape index (κ1) is 11.8. The molecule has 2 nitrogen and oxygen atoms in total. The molecule has 2 rings (SSSR count). The molecule has 0 amide bonds. The van der Waals surface area contributed by atoms with Crippen LogP contribution in [0, 0.1) is 17.6 Å². The number of H-pyrrole nitrogens is 1. The number of aromatic nitrogens is 1. The van der Waals surface area contributed by atoms with E-state index >= 15 is 0 Å². The average Bonchev–Trinajstić information content (AvgIpc) is 2.22. The molecular weight excluding hydrogens is 224 g/mol. The smallest absolute Gasteiger partial charge is 0.192 e. The maximum Gasteiger partial charge on any atom is 0.192 e. The van der Waals surface area contributed by atoms with Gasteiger partial charge >= 0.3 is 0 Å². The fraction of sp³-hybridized carbons (Fsp3) is 0.308. The van der Waals surface area contributed by atoms with E-state index in [9.17, 15) is 13.6 Å². The molecular formula is C13H13F2NO. The lowest BCUT2D eigenvalue weighted by molar-refractivity contribution is 0.610. The lowest BCUT2D eigenvalue weighted by Crippen LogP contribution is -2.09. The second-order valence-electron chi connectivity index (χ2n) is 4.54. The Kier molecular flexibility index (Phi) is 2.96. The van der Waals surface area contributed by atoms with Crippen molar-refractivity contribution in [2.45, 2.75) is 20.3 Å². The molecule has 0 fully saturated rings. The van der Waals surface area contributed by atoms with Crippen LogP contribution in [-0.2, 0) is 6.42 Å². The molecule has 0 aliphatic rings. The zero-order chi connectivity index (χ0) is 12.6. The fourth-order valence-electron chi connectivity index (χ4n) is 1.89. The van der Waals surface area contributed by atoms with E-state index in [0.29, 0.717) is 18.0 Å². The van der Waals surface area contributed by atoms with E-state index in [0.717, 1.165) is 12.1 Å². The SMILES string of the molecule is CC(C)Cc1cc(=O)c2c(F)ccc(F)c2[nH]1. The highest BCUT2D eigenvalue weighted by Crippen LogP contribution is 2.17. The Bertz CT molecular complexity index is 617. The summed E-state index contributed by atoms with van der Waals surface area (Å²) in [6, 6.07) is 3.33. The number of nitrogens with one attached hydrogen (secondary N) is 1. The molecule has 0 aliphatic heterocycles. The molecule has 0 saturated carbocycles. The summed E-state index contributed by atoms with van der Waals surface area (Å²) in [5.74, 6) is -0.970. The zero-order valence-electron chi connectivity index (χ0n) is 9.68. The van der Waals surface area contributed by atoms with Crippen LogP contribution < -0.4 is 5.43 Å². The summed E-state index contributed by atoms with van der Waals surface area (Å²) in [6.07, 6.45) is 0.626. The number of pyridine rings is 1. The van der Waals surface area contributed by atoms with Crippen molar-refractivity contribution in [1.29, 1.82) is 0 Å². The van der Waals surface area contributed by atoms with Crippen LogP contribution in [0.1, 0.15) is 19.5 Å². The molecule has 1 aromatic heterocycles. The molecule has 90 valence electrons. The molecule has 0 unspecified atom stereocenters. The lowest BCUT2D eigenvalue weighted by atomic mass is 10.1. The standard InChI is InChI=1S/C13H13F2NO/c1-7(2)5-8-6-11(17)12-9(14)3-4-10(15)13(12)16-8/h3-4,6-7H,5H2,1-2H3,(H,16,17). The Morgan fingerprint density at radius 1 is 1.24 bits per heavy atom. The zero-order valence-corrected chi connectivity index (χ0v) is 9.68. The molecule has 2 aromatic rings. The van der Waals surface area contributed by atoms with Crippen molar-refractivity contribution in [3.63, 3.8) is 0 Å². The predicted molar refractivity (Wildman–Crippen MR) is 63.0 cm³/mol. The van der Waals surface area contributed by atoms with E-state index in [4.69, 9.17) is 0 Å². The van der Waals surface area contributed by atoms with Crippen molar-refractivity contribution < 1.29 is 8.78 Å². The Hall–Kier alpha value is -1.71. The second-order valence-corrected chi connectivity index (χ2v) is 4.54. The van der Waals surface area contributed by atoms with Crippen LogP contribution in [0.3, 0.4) is 0 Å². The highest BCUT2D eigenvalue weighted by molar-refractivity contribution is 5.79. The van der Waals surface area contributed by atoms with Crippen LogP contribution in [0.4, 0.5) is 8.78 Å². The van der Waals surface area contributed by atoms with Gasteiger partial charge in [-0.05, 0) is 24.5 Å². The van der Waals surface area contributed by atoms with Crippen LogP contribution in [0.25, 0.3) is 10.9 Å². The summed E-state index contributed by atoms with van der Waals surface area (Å²) in [5, 5.41) is -0.211. The van der Waals surface area contributed by atoms with Gasteiger partial charge in [-0.1, -0.05) is 13.8 Å². The summed E-state index contributed by atoms with van der Waals surface area (Å²) in [5.41, 5.74) is 0.0987. The third kappa shape index (κ3) is 2.20. The van der Waals surface area contributed by atoms with Gasteiger partial charge in [-0.25, -0.2) is 8.78 Å². The molecule has 1 N–H and O–H groups in total. The van der Waals surface area contributed by atoms with Gasteiger partial charge in [-0.15, -0.1) is 0 Å². The summed E-state index contributed by atoms with van der Waals surface area (Å²) in [4.78, 5) is 14.5. The van der Waals surface area contributed by atoms with Crippen molar-refractivity contribution in [3.8, 4) is 0 Å². The highest BCUT2D eigenvalue weighted by atomic mass is 19.1. The molecule has 0 spiro atoms. The minimum atomic E-state index is -0.696. The Labute approximate surface area is 97.3 Å². The number of hydrogen-bond donors (Lipinski definition) is 1. The lowest BCUT2D eigenvalue weighted by Gasteiger charge is -2.07. The summed E-state index contributed by atoms with van der Waals surface area (Å²) >= 11 is 0. The van der Waals surface area contributed by atoms with Gasteiger partial charge in [0.1, 0.15) is 11.6 Å². The first-order valence-corrected chi connectivity index (χ1v) is 5.49. The summed E-state index contributed by atoms with van der Waals surface area (Å²) in [7, 11) is 0. The highest BCUT2D eigenvalue weighted by Gasteiger charge is 2.11. The number of benzene rings is 1. The molecule has 1 aromatic carbocycles. The third-order valence-electron chi connectivity index (χ3n) is 2.57. The predicted octanol–water partition coefficient (Wildman–Crippen LogP) is 3.00. The number of aromatic amines is 1. The van der Waals surface area contributed by atoms with Gasteiger partial charge in [0.15, 0.2) is 5.43 Å². The van der Waals surface area contributed by atoms with Gasteiger partial charge in [0.2, 0.25) is 0 Å². The normalized spacial score (nSPS) is 11.4. The van der Waals surface area contributed by atoms with Crippen molar-refractivity contribution >= 4 is 10.9 Å². The van der Waals surface area contributed by atoms with Crippen LogP contribution in [-0.4, -0.2) is 4.98 Å². The van der Waals surface area contributed by atoms with E-state index in [1.807, 2.05) is 13.8 Å². The van der Waals surface area contributed by atoms with E-state index in [-0.39, 0.29) is 10.9 Å². The maximum absolute atomic E-state index is 13.5. The second kappa shape index (κ2) is 4.28. The van der Waals surface area contributed by atoms with Crippen molar-refractivity contribution in [2.24, 2.45) is 5.92 Å². The van der Waals surface area contributed by atoms with Crippen LogP contribution in [0.15, 0.2) is 23.0 Å². The van der Waals surface area contributed by atoms with Gasteiger partial charge < -0.3 is 4.98 Å². The van der Waals surface area contributed by atoms with Gasteiger partial charge in [-0.3, -0.25) is 4.79 Å². The molecule has 0 radical (unpaired) electrons. The molecule has 17 heavy (non-hydrogen) atoms.